The number of ether oxygens (including phenoxy) is 1. The number of rotatable bonds is 6. The average Bonchev–Trinajstić information content (AvgIpc) is 3.25. The molecule has 2 heterocycles. The minimum atomic E-state index is -0.673. The number of carbonyl (C=O) groups excluding carboxylic acids is 2. The molecule has 2 aromatic carbocycles. The lowest BCUT2D eigenvalue weighted by atomic mass is 10.1. The number of aromatic nitrogens is 2. The van der Waals surface area contributed by atoms with Gasteiger partial charge in [0.15, 0.2) is 6.61 Å². The fourth-order valence-corrected chi connectivity index (χ4v) is 4.17. The number of esters is 1. The minimum Gasteiger partial charge on any atom is -0.452 e. The molecule has 1 aromatic heterocycles. The molecule has 1 aliphatic rings. The zero-order valence-corrected chi connectivity index (χ0v) is 18.6. The summed E-state index contributed by atoms with van der Waals surface area (Å²) in [5, 5.41) is 9.43. The van der Waals surface area contributed by atoms with E-state index in [9.17, 15) is 14.4 Å². The number of fused-ring (bicyclic) bond motifs is 2. The Morgan fingerprint density at radius 3 is 2.67 bits per heavy atom. The monoisotopic (exact) mass is 444 g/mol. The molecule has 0 N–H and O–H groups in total. The second kappa shape index (κ2) is 9.25. The predicted molar refractivity (Wildman–Crippen MR) is 123 cm³/mol. The maximum Gasteiger partial charge on any atom is 0.338 e. The van der Waals surface area contributed by atoms with Crippen molar-refractivity contribution >= 4 is 28.5 Å². The smallest absolute Gasteiger partial charge is 0.338 e. The second-order valence-corrected chi connectivity index (χ2v) is 8.20. The third-order valence-electron chi connectivity index (χ3n) is 5.65. The number of amides is 1. The molecular weight excluding hydrogens is 420 g/mol. The molecule has 33 heavy (non-hydrogen) atoms. The number of hydrogen-bond donors (Lipinski definition) is 0. The van der Waals surface area contributed by atoms with E-state index < -0.39 is 18.5 Å². The van der Waals surface area contributed by atoms with Gasteiger partial charge in [0.2, 0.25) is 0 Å². The molecule has 0 atom stereocenters. The topological polar surface area (TPSA) is 105 Å². The number of aryl methyl sites for hydroxylation is 3. The van der Waals surface area contributed by atoms with E-state index in [1.807, 2.05) is 38.1 Å². The van der Waals surface area contributed by atoms with Crippen molar-refractivity contribution in [3.63, 3.8) is 0 Å². The van der Waals surface area contributed by atoms with Crippen LogP contribution in [0.15, 0.2) is 41.2 Å². The van der Waals surface area contributed by atoms with Gasteiger partial charge in [-0.15, -0.1) is 0 Å². The third-order valence-corrected chi connectivity index (χ3v) is 5.65. The van der Waals surface area contributed by atoms with Gasteiger partial charge in [0.1, 0.15) is 5.82 Å². The molecule has 0 aliphatic carbocycles. The van der Waals surface area contributed by atoms with Crippen molar-refractivity contribution in [3.05, 3.63) is 69.3 Å². The van der Waals surface area contributed by atoms with Crippen molar-refractivity contribution in [2.75, 3.05) is 18.1 Å². The largest absolute Gasteiger partial charge is 0.452 e. The summed E-state index contributed by atoms with van der Waals surface area (Å²) in [5.74, 6) is -0.373. The van der Waals surface area contributed by atoms with Gasteiger partial charge in [0, 0.05) is 25.2 Å². The Kier molecular flexibility index (Phi) is 6.22. The van der Waals surface area contributed by atoms with Crippen LogP contribution in [0.3, 0.4) is 0 Å². The molecule has 3 aromatic rings. The van der Waals surface area contributed by atoms with Crippen molar-refractivity contribution in [3.8, 4) is 6.07 Å². The Bertz CT molecular complexity index is 1330. The molecule has 0 radical (unpaired) electrons. The van der Waals surface area contributed by atoms with Crippen molar-refractivity contribution in [2.45, 2.75) is 39.7 Å². The number of anilines is 1. The highest BCUT2D eigenvalue weighted by molar-refractivity contribution is 5.98. The molecular formula is C25H24N4O4. The second-order valence-electron chi connectivity index (χ2n) is 8.20. The molecule has 1 amide bonds. The Balaban J connectivity index is 1.51. The van der Waals surface area contributed by atoms with Crippen LogP contribution in [-0.4, -0.2) is 34.6 Å². The zero-order valence-electron chi connectivity index (χ0n) is 18.6. The summed E-state index contributed by atoms with van der Waals surface area (Å²) in [7, 11) is 0. The number of benzene rings is 2. The van der Waals surface area contributed by atoms with Crippen molar-refractivity contribution in [1.29, 1.82) is 5.26 Å². The Hall–Kier alpha value is -3.99. The predicted octanol–water partition coefficient (Wildman–Crippen LogP) is 3.06. The Labute approximate surface area is 191 Å². The first-order valence-corrected chi connectivity index (χ1v) is 10.8. The van der Waals surface area contributed by atoms with Gasteiger partial charge < -0.3 is 9.64 Å². The number of nitrogens with zero attached hydrogens (tertiary/aromatic N) is 4. The SMILES string of the molecule is Cc1cc(C)cc(N(CCC#N)C(=O)COC(=O)c2ccc3c(=O)n4c(nc3c2)CCC4)c1. The molecule has 0 saturated carbocycles. The summed E-state index contributed by atoms with van der Waals surface area (Å²) in [6.07, 6.45) is 1.76. The summed E-state index contributed by atoms with van der Waals surface area (Å²) in [6, 6.07) is 12.4. The van der Waals surface area contributed by atoms with Crippen LogP contribution in [-0.2, 0) is 22.5 Å². The standard InChI is InChI=1S/C25H24N4O4/c1-16-11-17(2)13-19(12-16)28(10-4-8-26)23(30)15-33-25(32)18-6-7-20-21(14-18)27-22-5-3-9-29(22)24(20)31/h6-7,11-14H,3-5,9-10,15H2,1-2H3. The molecule has 8 nitrogen and oxygen atoms in total. The van der Waals surface area contributed by atoms with E-state index in [0.717, 1.165) is 29.8 Å². The number of hydrogen-bond acceptors (Lipinski definition) is 6. The van der Waals surface area contributed by atoms with Crippen LogP contribution in [0.5, 0.6) is 0 Å². The minimum absolute atomic E-state index is 0.107. The highest BCUT2D eigenvalue weighted by atomic mass is 16.5. The van der Waals surface area contributed by atoms with Crippen LogP contribution in [0.1, 0.15) is 40.2 Å². The normalized spacial score (nSPS) is 12.3. The van der Waals surface area contributed by atoms with E-state index in [1.54, 1.807) is 10.6 Å². The fourth-order valence-electron chi connectivity index (χ4n) is 4.17. The molecule has 8 heteroatoms. The van der Waals surface area contributed by atoms with E-state index in [4.69, 9.17) is 10.00 Å². The van der Waals surface area contributed by atoms with Crippen molar-refractivity contribution in [1.82, 2.24) is 9.55 Å². The fraction of sp³-hybridized carbons (Fsp3) is 0.320. The third kappa shape index (κ3) is 4.62. The van der Waals surface area contributed by atoms with Gasteiger partial charge in [-0.1, -0.05) is 6.07 Å². The summed E-state index contributed by atoms with van der Waals surface area (Å²) < 4.78 is 6.95. The van der Waals surface area contributed by atoms with Gasteiger partial charge >= 0.3 is 5.97 Å². The lowest BCUT2D eigenvalue weighted by Gasteiger charge is -2.22. The lowest BCUT2D eigenvalue weighted by Crippen LogP contribution is -2.35. The summed E-state index contributed by atoms with van der Waals surface area (Å²) in [4.78, 5) is 44.1. The van der Waals surface area contributed by atoms with Crippen LogP contribution in [0, 0.1) is 25.2 Å². The highest BCUT2D eigenvalue weighted by Crippen LogP contribution is 2.20. The summed E-state index contributed by atoms with van der Waals surface area (Å²) in [6.45, 7) is 4.25. The molecule has 1 aliphatic heterocycles. The van der Waals surface area contributed by atoms with Gasteiger partial charge in [-0.3, -0.25) is 14.2 Å². The van der Waals surface area contributed by atoms with Crippen molar-refractivity contribution < 1.29 is 14.3 Å². The van der Waals surface area contributed by atoms with Gasteiger partial charge in [0.25, 0.3) is 11.5 Å². The lowest BCUT2D eigenvalue weighted by molar-refractivity contribution is -0.121. The molecule has 0 bridgehead atoms. The van der Waals surface area contributed by atoms with Gasteiger partial charge in [-0.2, -0.15) is 5.26 Å². The highest BCUT2D eigenvalue weighted by Gasteiger charge is 2.20. The molecule has 0 spiro atoms. The van der Waals surface area contributed by atoms with E-state index in [1.165, 1.54) is 17.0 Å². The summed E-state index contributed by atoms with van der Waals surface area (Å²) >= 11 is 0. The molecule has 0 fully saturated rings. The maximum absolute atomic E-state index is 12.9. The van der Waals surface area contributed by atoms with E-state index in [0.29, 0.717) is 23.1 Å². The summed E-state index contributed by atoms with van der Waals surface area (Å²) in [5.41, 5.74) is 3.20. The zero-order chi connectivity index (χ0) is 23.5. The maximum atomic E-state index is 12.9. The first kappa shape index (κ1) is 22.2. The molecule has 0 unspecified atom stereocenters. The average molecular weight is 444 g/mol. The van der Waals surface area contributed by atoms with Crippen molar-refractivity contribution in [2.24, 2.45) is 0 Å². The van der Waals surface area contributed by atoms with E-state index in [-0.39, 0.29) is 24.1 Å². The quantitative estimate of drug-likeness (QED) is 0.541. The number of carbonyl (C=O) groups is 2. The Morgan fingerprint density at radius 2 is 1.94 bits per heavy atom. The van der Waals surface area contributed by atoms with Gasteiger partial charge in [-0.05, 0) is 61.7 Å². The first-order chi connectivity index (χ1) is 15.9. The van der Waals surface area contributed by atoms with E-state index in [2.05, 4.69) is 4.98 Å². The van der Waals surface area contributed by atoms with Gasteiger partial charge in [0.05, 0.1) is 29.0 Å². The molecule has 168 valence electrons. The Morgan fingerprint density at radius 1 is 1.18 bits per heavy atom. The van der Waals surface area contributed by atoms with Gasteiger partial charge in [-0.25, -0.2) is 9.78 Å². The van der Waals surface area contributed by atoms with Crippen LogP contribution in [0.25, 0.3) is 10.9 Å². The molecule has 0 saturated heterocycles. The van der Waals surface area contributed by atoms with Crippen LogP contribution < -0.4 is 10.5 Å². The van der Waals surface area contributed by atoms with Crippen LogP contribution in [0.4, 0.5) is 5.69 Å². The first-order valence-electron chi connectivity index (χ1n) is 10.8. The molecule has 4 rings (SSSR count). The van der Waals surface area contributed by atoms with Crippen LogP contribution >= 0.6 is 0 Å². The van der Waals surface area contributed by atoms with E-state index >= 15 is 0 Å². The van der Waals surface area contributed by atoms with Crippen LogP contribution in [0.2, 0.25) is 0 Å². The number of nitriles is 1.